The Hall–Kier alpha value is -0.520. The molecular weight excluding hydrogens is 324 g/mol. The lowest BCUT2D eigenvalue weighted by molar-refractivity contribution is 0.0657. The van der Waals surface area contributed by atoms with E-state index >= 15 is 0 Å². The average molecular weight is 369 g/mol. The third-order valence-corrected chi connectivity index (χ3v) is 9.37. The van der Waals surface area contributed by atoms with Crippen LogP contribution >= 0.6 is 0 Å². The van der Waals surface area contributed by atoms with Gasteiger partial charge in [-0.15, -0.1) is 0 Å². The van der Waals surface area contributed by atoms with E-state index in [1.165, 1.54) is 64.2 Å². The molecule has 0 bridgehead atoms. The highest BCUT2D eigenvalue weighted by molar-refractivity contribution is 5.35. The van der Waals surface area contributed by atoms with Gasteiger partial charge in [0.1, 0.15) is 0 Å². The second kappa shape index (κ2) is 7.72. The number of fused-ring (bicyclic) bond motifs is 5. The Morgan fingerprint density at radius 3 is 2.56 bits per heavy atom. The zero-order chi connectivity index (χ0) is 19.2. The summed E-state index contributed by atoms with van der Waals surface area (Å²) in [5, 5.41) is 0. The molecule has 0 nitrogen and oxygen atoms in total. The van der Waals surface area contributed by atoms with Crippen molar-refractivity contribution in [3.05, 3.63) is 23.3 Å². The van der Waals surface area contributed by atoms with Crippen molar-refractivity contribution >= 4 is 0 Å². The first kappa shape index (κ1) is 19.8. The number of hydrogen-bond acceptors (Lipinski definition) is 0. The van der Waals surface area contributed by atoms with Crippen LogP contribution in [-0.4, -0.2) is 0 Å². The van der Waals surface area contributed by atoms with Crippen LogP contribution in [0.2, 0.25) is 0 Å². The quantitative estimate of drug-likeness (QED) is 0.459. The van der Waals surface area contributed by atoms with E-state index in [2.05, 4.69) is 46.8 Å². The van der Waals surface area contributed by atoms with Crippen LogP contribution in [0, 0.1) is 46.8 Å². The first-order valence-electron chi connectivity index (χ1n) is 12.3. The Morgan fingerprint density at radius 2 is 1.78 bits per heavy atom. The van der Waals surface area contributed by atoms with Gasteiger partial charge in [-0.3, -0.25) is 0 Å². The van der Waals surface area contributed by atoms with Crippen LogP contribution in [0.1, 0.15) is 98.8 Å². The molecule has 4 rings (SSSR count). The second-order valence-corrected chi connectivity index (χ2v) is 11.6. The topological polar surface area (TPSA) is 0 Å². The molecule has 152 valence electrons. The smallest absolute Gasteiger partial charge is 0.0131 e. The molecule has 7 atom stereocenters. The van der Waals surface area contributed by atoms with Gasteiger partial charge in [0.2, 0.25) is 0 Å². The highest BCUT2D eigenvalue weighted by atomic mass is 14.6. The third-order valence-electron chi connectivity index (χ3n) is 9.37. The normalized spacial score (nSPS) is 42.1. The fourth-order valence-electron chi connectivity index (χ4n) is 7.88. The molecule has 0 saturated heterocycles. The van der Waals surface area contributed by atoms with E-state index in [1.54, 1.807) is 0 Å². The van der Waals surface area contributed by atoms with Crippen LogP contribution in [0.3, 0.4) is 0 Å². The van der Waals surface area contributed by atoms with Gasteiger partial charge in [0.05, 0.1) is 0 Å². The van der Waals surface area contributed by atoms with E-state index in [4.69, 9.17) is 0 Å². The molecule has 3 fully saturated rings. The largest absolute Gasteiger partial charge is 0.0663 e. The average Bonchev–Trinajstić information content (AvgIpc) is 2.98. The van der Waals surface area contributed by atoms with Gasteiger partial charge in [-0.05, 0) is 91.8 Å². The summed E-state index contributed by atoms with van der Waals surface area (Å²) >= 11 is 0. The van der Waals surface area contributed by atoms with Crippen molar-refractivity contribution in [2.75, 3.05) is 0 Å². The van der Waals surface area contributed by atoms with Crippen LogP contribution in [0.4, 0.5) is 0 Å². The van der Waals surface area contributed by atoms with Gasteiger partial charge in [0.15, 0.2) is 0 Å². The van der Waals surface area contributed by atoms with Crippen molar-refractivity contribution in [3.63, 3.8) is 0 Å². The summed E-state index contributed by atoms with van der Waals surface area (Å²) in [5.74, 6) is 6.38. The van der Waals surface area contributed by atoms with E-state index < -0.39 is 0 Å². The van der Waals surface area contributed by atoms with Crippen LogP contribution in [0.15, 0.2) is 23.3 Å². The van der Waals surface area contributed by atoms with E-state index in [0.717, 1.165) is 41.4 Å². The van der Waals surface area contributed by atoms with Gasteiger partial charge in [0.25, 0.3) is 0 Å². The molecular formula is C27H44. The zero-order valence-corrected chi connectivity index (χ0v) is 18.8. The summed E-state index contributed by atoms with van der Waals surface area (Å²) in [4.78, 5) is 0. The SMILES string of the molecule is CC(C)CCCC(C)C1CCC2C3=CC=C4CC(C)CCC4C3CCC21C. The summed E-state index contributed by atoms with van der Waals surface area (Å²) in [6.45, 7) is 12.5. The zero-order valence-electron chi connectivity index (χ0n) is 18.8. The fraction of sp³-hybridized carbons (Fsp3) is 0.852. The molecule has 4 aliphatic rings. The molecule has 0 heteroatoms. The lowest BCUT2D eigenvalue weighted by Crippen LogP contribution is -2.42. The molecule has 0 aliphatic heterocycles. The summed E-state index contributed by atoms with van der Waals surface area (Å²) < 4.78 is 0. The molecule has 7 unspecified atom stereocenters. The monoisotopic (exact) mass is 368 g/mol. The molecule has 4 aliphatic carbocycles. The van der Waals surface area contributed by atoms with Crippen LogP contribution in [-0.2, 0) is 0 Å². The first-order valence-corrected chi connectivity index (χ1v) is 12.3. The summed E-state index contributed by atoms with van der Waals surface area (Å²) in [6.07, 6.45) is 19.8. The number of allylic oxidation sites excluding steroid dienone is 4. The van der Waals surface area contributed by atoms with Crippen LogP contribution in [0.25, 0.3) is 0 Å². The van der Waals surface area contributed by atoms with E-state index in [9.17, 15) is 0 Å². The van der Waals surface area contributed by atoms with Gasteiger partial charge in [-0.2, -0.15) is 0 Å². The van der Waals surface area contributed by atoms with Crippen molar-refractivity contribution < 1.29 is 0 Å². The molecule has 0 N–H and O–H groups in total. The Morgan fingerprint density at radius 1 is 0.963 bits per heavy atom. The Bertz CT molecular complexity index is 593. The Kier molecular flexibility index (Phi) is 5.65. The van der Waals surface area contributed by atoms with Gasteiger partial charge >= 0.3 is 0 Å². The van der Waals surface area contributed by atoms with Crippen LogP contribution < -0.4 is 0 Å². The maximum atomic E-state index is 2.69. The van der Waals surface area contributed by atoms with Gasteiger partial charge in [-0.1, -0.05) is 77.2 Å². The van der Waals surface area contributed by atoms with Crippen LogP contribution in [0.5, 0.6) is 0 Å². The summed E-state index contributed by atoms with van der Waals surface area (Å²) in [7, 11) is 0. The number of hydrogen-bond donors (Lipinski definition) is 0. The van der Waals surface area contributed by atoms with Gasteiger partial charge in [-0.25, -0.2) is 0 Å². The lowest BCUT2D eigenvalue weighted by Gasteiger charge is -2.51. The van der Waals surface area contributed by atoms with Crippen molar-refractivity contribution in [3.8, 4) is 0 Å². The highest BCUT2D eigenvalue weighted by Gasteiger charge is 2.54. The maximum absolute atomic E-state index is 2.69. The minimum absolute atomic E-state index is 0.590. The number of rotatable bonds is 5. The molecule has 0 radical (unpaired) electrons. The van der Waals surface area contributed by atoms with Gasteiger partial charge < -0.3 is 0 Å². The van der Waals surface area contributed by atoms with Crippen molar-refractivity contribution in [2.45, 2.75) is 98.8 Å². The molecule has 0 amide bonds. The lowest BCUT2D eigenvalue weighted by atomic mass is 9.54. The van der Waals surface area contributed by atoms with Crippen molar-refractivity contribution in [1.82, 2.24) is 0 Å². The second-order valence-electron chi connectivity index (χ2n) is 11.6. The molecule has 27 heavy (non-hydrogen) atoms. The highest BCUT2D eigenvalue weighted by Crippen LogP contribution is 2.63. The predicted molar refractivity (Wildman–Crippen MR) is 118 cm³/mol. The molecule has 0 aromatic rings. The van der Waals surface area contributed by atoms with E-state index in [-0.39, 0.29) is 0 Å². The third kappa shape index (κ3) is 3.60. The molecule has 3 saturated carbocycles. The predicted octanol–water partition coefficient (Wildman–Crippen LogP) is 8.19. The van der Waals surface area contributed by atoms with Crippen molar-refractivity contribution in [2.24, 2.45) is 46.8 Å². The summed E-state index contributed by atoms with van der Waals surface area (Å²) in [5.41, 5.74) is 4.29. The fourth-order valence-corrected chi connectivity index (χ4v) is 7.88. The van der Waals surface area contributed by atoms with E-state index in [0.29, 0.717) is 5.41 Å². The molecule has 0 aromatic carbocycles. The maximum Gasteiger partial charge on any atom is -0.0131 e. The Balaban J connectivity index is 1.49. The first-order chi connectivity index (χ1) is 12.9. The summed E-state index contributed by atoms with van der Waals surface area (Å²) in [6, 6.07) is 0. The molecule has 0 aromatic heterocycles. The minimum Gasteiger partial charge on any atom is -0.0663 e. The molecule has 0 heterocycles. The standard InChI is InChI=1S/C27H44/c1-18(2)7-6-8-20(4)25-13-14-26-24-12-10-21-17-19(3)9-11-22(21)23(24)15-16-27(25,26)5/h10,12,18-20,22-23,25-26H,6-9,11,13-17H2,1-5H3. The minimum atomic E-state index is 0.590. The molecule has 0 spiro atoms. The van der Waals surface area contributed by atoms with Crippen molar-refractivity contribution in [1.29, 1.82) is 0 Å². The van der Waals surface area contributed by atoms with E-state index in [1.807, 2.05) is 11.1 Å². The van der Waals surface area contributed by atoms with Gasteiger partial charge in [0, 0.05) is 0 Å². The Labute approximate surface area is 169 Å².